The third-order valence-corrected chi connectivity index (χ3v) is 5.55. The number of hydrogen-bond donors (Lipinski definition) is 1. The monoisotopic (exact) mass is 358 g/mol. The van der Waals surface area contributed by atoms with Gasteiger partial charge < -0.3 is 14.8 Å². The molecule has 2 aromatic rings. The van der Waals surface area contributed by atoms with Crippen molar-refractivity contribution in [3.8, 4) is 0 Å². The van der Waals surface area contributed by atoms with Crippen LogP contribution in [-0.4, -0.2) is 32.8 Å². The molecule has 0 bridgehead atoms. The van der Waals surface area contributed by atoms with Crippen molar-refractivity contribution in [1.82, 2.24) is 14.5 Å². The first-order valence-electron chi connectivity index (χ1n) is 8.27. The first-order valence-corrected chi connectivity index (χ1v) is 9.09. The number of fused-ring (bicyclic) bond motifs is 1. The number of aromatic nitrogens is 2. The molecule has 25 heavy (non-hydrogen) atoms. The van der Waals surface area contributed by atoms with E-state index in [9.17, 15) is 14.4 Å². The van der Waals surface area contributed by atoms with Crippen molar-refractivity contribution in [2.24, 2.45) is 13.0 Å². The van der Waals surface area contributed by atoms with Crippen LogP contribution in [0.15, 0.2) is 23.1 Å². The van der Waals surface area contributed by atoms with E-state index in [-0.39, 0.29) is 28.9 Å². The predicted molar refractivity (Wildman–Crippen MR) is 93.6 cm³/mol. The van der Waals surface area contributed by atoms with E-state index < -0.39 is 0 Å². The number of rotatable bonds is 3. The maximum atomic E-state index is 12.7. The number of aryl methyl sites for hydroxylation is 1. The molecular weight excluding hydrogens is 340 g/mol. The molecule has 0 aromatic carbocycles. The minimum Gasteiger partial charge on any atom is -0.333 e. The molecule has 2 aliphatic rings. The second kappa shape index (κ2) is 6.11. The average molecular weight is 358 g/mol. The fourth-order valence-electron chi connectivity index (χ4n) is 2.91. The number of carbonyl (C=O) groups is 2. The zero-order chi connectivity index (χ0) is 17.6. The quantitative estimate of drug-likeness (QED) is 0.899. The Morgan fingerprint density at radius 1 is 1.36 bits per heavy atom. The Bertz CT molecular complexity index is 913. The van der Waals surface area contributed by atoms with Gasteiger partial charge in [-0.2, -0.15) is 0 Å². The molecule has 2 amide bonds. The Hall–Kier alpha value is -2.48. The second-order valence-corrected chi connectivity index (χ2v) is 7.55. The van der Waals surface area contributed by atoms with Gasteiger partial charge in [0.05, 0.1) is 12.2 Å². The largest absolute Gasteiger partial charge is 0.333 e. The van der Waals surface area contributed by atoms with Gasteiger partial charge in [-0.1, -0.05) is 11.3 Å². The first-order chi connectivity index (χ1) is 12.0. The fourth-order valence-corrected chi connectivity index (χ4v) is 3.93. The average Bonchev–Trinajstić information content (AvgIpc) is 3.37. The lowest BCUT2D eigenvalue weighted by Crippen LogP contribution is -2.39. The summed E-state index contributed by atoms with van der Waals surface area (Å²) in [7, 11) is 1.63. The maximum absolute atomic E-state index is 12.7. The van der Waals surface area contributed by atoms with Crippen LogP contribution >= 0.6 is 11.3 Å². The third kappa shape index (κ3) is 3.09. The summed E-state index contributed by atoms with van der Waals surface area (Å²) < 4.78 is 1.40. The highest BCUT2D eigenvalue weighted by atomic mass is 32.1. The number of anilines is 1. The van der Waals surface area contributed by atoms with E-state index in [4.69, 9.17) is 0 Å². The molecule has 0 unspecified atom stereocenters. The first kappa shape index (κ1) is 16.0. The Morgan fingerprint density at radius 2 is 2.16 bits per heavy atom. The van der Waals surface area contributed by atoms with Gasteiger partial charge in [0.15, 0.2) is 5.13 Å². The van der Waals surface area contributed by atoms with Crippen LogP contribution in [0.4, 0.5) is 5.13 Å². The van der Waals surface area contributed by atoms with Crippen LogP contribution in [0.2, 0.25) is 0 Å². The summed E-state index contributed by atoms with van der Waals surface area (Å²) in [5.41, 5.74) is 0.821. The summed E-state index contributed by atoms with van der Waals surface area (Å²) in [6.07, 6.45) is 4.16. The SMILES string of the molecule is Cn1cccc(C(=O)N2CCc3nc(NC(=O)C4CC4)sc3C2)c1=O. The highest BCUT2D eigenvalue weighted by Gasteiger charge is 2.31. The molecule has 2 aromatic heterocycles. The normalized spacial score (nSPS) is 16.4. The molecule has 4 rings (SSSR count). The number of pyridine rings is 1. The van der Waals surface area contributed by atoms with Gasteiger partial charge in [-0.05, 0) is 25.0 Å². The second-order valence-electron chi connectivity index (χ2n) is 6.47. The van der Waals surface area contributed by atoms with Crippen molar-refractivity contribution in [2.75, 3.05) is 11.9 Å². The van der Waals surface area contributed by atoms with Gasteiger partial charge in [0.2, 0.25) is 5.91 Å². The van der Waals surface area contributed by atoms with Gasteiger partial charge >= 0.3 is 0 Å². The zero-order valence-corrected chi connectivity index (χ0v) is 14.6. The van der Waals surface area contributed by atoms with Gasteiger partial charge in [-0.15, -0.1) is 0 Å². The zero-order valence-electron chi connectivity index (χ0n) is 13.8. The van der Waals surface area contributed by atoms with E-state index in [0.29, 0.717) is 24.6 Å². The van der Waals surface area contributed by atoms with Gasteiger partial charge in [0.1, 0.15) is 5.56 Å². The van der Waals surface area contributed by atoms with Crippen LogP contribution in [0.3, 0.4) is 0 Å². The van der Waals surface area contributed by atoms with Crippen molar-refractivity contribution in [3.63, 3.8) is 0 Å². The Balaban J connectivity index is 1.51. The van der Waals surface area contributed by atoms with Crippen LogP contribution in [0.5, 0.6) is 0 Å². The highest BCUT2D eigenvalue weighted by molar-refractivity contribution is 7.15. The molecule has 1 N–H and O–H groups in total. The van der Waals surface area contributed by atoms with Crippen molar-refractivity contribution in [2.45, 2.75) is 25.8 Å². The molecule has 0 saturated heterocycles. The lowest BCUT2D eigenvalue weighted by molar-refractivity contribution is -0.117. The number of carbonyl (C=O) groups excluding carboxylic acids is 2. The van der Waals surface area contributed by atoms with Gasteiger partial charge in [0, 0.05) is 37.0 Å². The topological polar surface area (TPSA) is 84.3 Å². The molecule has 7 nitrogen and oxygen atoms in total. The fraction of sp³-hybridized carbons (Fsp3) is 0.412. The lowest BCUT2D eigenvalue weighted by atomic mass is 10.1. The van der Waals surface area contributed by atoms with E-state index >= 15 is 0 Å². The van der Waals surface area contributed by atoms with Crippen LogP contribution in [-0.2, 0) is 24.8 Å². The van der Waals surface area contributed by atoms with Crippen LogP contribution in [0.1, 0.15) is 33.8 Å². The summed E-state index contributed by atoms with van der Waals surface area (Å²) in [5, 5.41) is 3.47. The Kier molecular flexibility index (Phi) is 3.91. The van der Waals surface area contributed by atoms with Crippen LogP contribution in [0, 0.1) is 5.92 Å². The predicted octanol–water partition coefficient (Wildman–Crippen LogP) is 1.39. The van der Waals surface area contributed by atoms with E-state index in [1.807, 2.05) is 0 Å². The Morgan fingerprint density at radius 3 is 2.92 bits per heavy atom. The van der Waals surface area contributed by atoms with Crippen molar-refractivity contribution >= 4 is 28.3 Å². The lowest BCUT2D eigenvalue weighted by Gasteiger charge is -2.25. The molecule has 0 atom stereocenters. The van der Waals surface area contributed by atoms with E-state index in [0.717, 1.165) is 23.4 Å². The number of nitrogens with zero attached hydrogens (tertiary/aromatic N) is 3. The maximum Gasteiger partial charge on any atom is 0.263 e. The number of nitrogens with one attached hydrogen (secondary N) is 1. The molecule has 0 spiro atoms. The smallest absolute Gasteiger partial charge is 0.263 e. The minimum atomic E-state index is -0.292. The molecule has 1 fully saturated rings. The molecule has 1 saturated carbocycles. The van der Waals surface area contributed by atoms with E-state index in [2.05, 4.69) is 10.3 Å². The van der Waals surface area contributed by atoms with Crippen LogP contribution in [0.25, 0.3) is 0 Å². The van der Waals surface area contributed by atoms with Crippen LogP contribution < -0.4 is 10.9 Å². The summed E-state index contributed by atoms with van der Waals surface area (Å²) in [4.78, 5) is 43.8. The van der Waals surface area contributed by atoms with Gasteiger partial charge in [-0.25, -0.2) is 4.98 Å². The summed E-state index contributed by atoms with van der Waals surface area (Å²) >= 11 is 1.41. The molecule has 0 radical (unpaired) electrons. The van der Waals surface area contributed by atoms with E-state index in [1.54, 1.807) is 30.3 Å². The van der Waals surface area contributed by atoms with Crippen molar-refractivity contribution in [3.05, 3.63) is 44.8 Å². The summed E-state index contributed by atoms with van der Waals surface area (Å²) in [6.45, 7) is 0.937. The molecule has 8 heteroatoms. The van der Waals surface area contributed by atoms with Crippen molar-refractivity contribution < 1.29 is 9.59 Å². The molecular formula is C17H18N4O3S. The van der Waals surface area contributed by atoms with Gasteiger partial charge in [0.25, 0.3) is 11.5 Å². The summed E-state index contributed by atoms with van der Waals surface area (Å²) in [6, 6.07) is 3.26. The Labute approximate surface area is 148 Å². The van der Waals surface area contributed by atoms with Crippen molar-refractivity contribution in [1.29, 1.82) is 0 Å². The van der Waals surface area contributed by atoms with E-state index in [1.165, 1.54) is 15.9 Å². The number of hydrogen-bond acceptors (Lipinski definition) is 5. The standard InChI is InChI=1S/C17H18N4O3S/c1-20-7-2-3-11(15(20)23)16(24)21-8-6-12-13(9-21)25-17(18-12)19-14(22)10-4-5-10/h2-3,7,10H,4-6,8-9H2,1H3,(H,18,19,22). The molecule has 130 valence electrons. The third-order valence-electron chi connectivity index (χ3n) is 4.55. The molecule has 1 aliphatic carbocycles. The number of thiazole rings is 1. The molecule has 3 heterocycles. The summed E-state index contributed by atoms with van der Waals surface area (Å²) in [5.74, 6) is -0.0936. The minimum absolute atomic E-state index is 0.0341. The molecule has 1 aliphatic heterocycles. The highest BCUT2D eigenvalue weighted by Crippen LogP contribution is 2.33. The number of amides is 2. The van der Waals surface area contributed by atoms with Gasteiger partial charge in [-0.3, -0.25) is 14.4 Å².